The van der Waals surface area contributed by atoms with Crippen molar-refractivity contribution in [3.63, 3.8) is 0 Å². The lowest BCUT2D eigenvalue weighted by Gasteiger charge is -2.33. The normalized spacial score (nSPS) is 12.2. The molecule has 220 valence electrons. The van der Waals surface area contributed by atoms with Crippen LogP contribution in [0.3, 0.4) is 0 Å². The minimum absolute atomic E-state index is 0.00519. The first-order valence-electron chi connectivity index (χ1n) is 12.7. The largest absolute Gasteiger partial charge is 0.354 e. The molecule has 0 aliphatic rings. The molecule has 0 saturated heterocycles. The summed E-state index contributed by atoms with van der Waals surface area (Å²) in [6.07, 6.45) is 1.09. The number of sulfonamides is 1. The van der Waals surface area contributed by atoms with Gasteiger partial charge in [-0.05, 0) is 47.4 Å². The molecule has 1 N–H and O–H groups in total. The maximum absolute atomic E-state index is 14.0. The number of carbonyl (C=O) groups excluding carboxylic acids is 2. The molecule has 0 bridgehead atoms. The van der Waals surface area contributed by atoms with Crippen LogP contribution in [0, 0.1) is 11.7 Å². The summed E-state index contributed by atoms with van der Waals surface area (Å²) in [6, 6.07) is 16.4. The van der Waals surface area contributed by atoms with Gasteiger partial charge in [0.05, 0.1) is 27.0 Å². The molecule has 3 aromatic carbocycles. The minimum atomic E-state index is -4.02. The molecule has 12 heteroatoms. The van der Waals surface area contributed by atoms with E-state index in [0.29, 0.717) is 17.1 Å². The van der Waals surface area contributed by atoms with Crippen molar-refractivity contribution in [1.29, 1.82) is 0 Å². The SMILES string of the molecule is CC(C)CNC(=O)C(Cc1ccccc1)N(Cc1ccc(Cl)c(Cl)c1)C(=O)CN(c1ccc(F)c(Cl)c1)S(C)(=O)=O. The van der Waals surface area contributed by atoms with E-state index in [-0.39, 0.29) is 34.6 Å². The zero-order valence-corrected chi connectivity index (χ0v) is 25.9. The maximum Gasteiger partial charge on any atom is 0.244 e. The van der Waals surface area contributed by atoms with Crippen LogP contribution in [0.4, 0.5) is 10.1 Å². The summed E-state index contributed by atoms with van der Waals surface area (Å²) in [4.78, 5) is 29.0. The van der Waals surface area contributed by atoms with E-state index in [1.165, 1.54) is 11.0 Å². The van der Waals surface area contributed by atoms with E-state index in [2.05, 4.69) is 5.32 Å². The van der Waals surface area contributed by atoms with Gasteiger partial charge in [-0.25, -0.2) is 12.8 Å². The Morgan fingerprint density at radius 3 is 2.17 bits per heavy atom. The van der Waals surface area contributed by atoms with E-state index < -0.39 is 40.2 Å². The van der Waals surface area contributed by atoms with Crippen molar-refractivity contribution in [2.45, 2.75) is 32.9 Å². The topological polar surface area (TPSA) is 86.8 Å². The Labute approximate surface area is 255 Å². The molecule has 1 atom stereocenters. The molecule has 3 aromatic rings. The molecule has 0 spiro atoms. The fraction of sp³-hybridized carbons (Fsp3) is 0.310. The highest BCUT2D eigenvalue weighted by molar-refractivity contribution is 7.92. The van der Waals surface area contributed by atoms with Gasteiger partial charge in [-0.15, -0.1) is 0 Å². The van der Waals surface area contributed by atoms with Gasteiger partial charge in [0, 0.05) is 19.5 Å². The van der Waals surface area contributed by atoms with Crippen LogP contribution in [-0.2, 0) is 32.6 Å². The average Bonchev–Trinajstić information content (AvgIpc) is 2.91. The summed E-state index contributed by atoms with van der Waals surface area (Å²) in [7, 11) is -4.02. The Kier molecular flexibility index (Phi) is 11.4. The zero-order chi connectivity index (χ0) is 30.3. The zero-order valence-electron chi connectivity index (χ0n) is 22.8. The second-order valence-electron chi connectivity index (χ2n) is 9.98. The lowest BCUT2D eigenvalue weighted by atomic mass is 10.0. The van der Waals surface area contributed by atoms with E-state index >= 15 is 0 Å². The number of benzene rings is 3. The summed E-state index contributed by atoms with van der Waals surface area (Å²) in [5.74, 6) is -1.64. The fourth-order valence-corrected chi connectivity index (χ4v) is 5.40. The number of amides is 2. The molecule has 0 aromatic heterocycles. The second-order valence-corrected chi connectivity index (χ2v) is 13.1. The van der Waals surface area contributed by atoms with Crippen molar-refractivity contribution in [2.24, 2.45) is 5.92 Å². The van der Waals surface area contributed by atoms with E-state index in [1.807, 2.05) is 44.2 Å². The van der Waals surface area contributed by atoms with Gasteiger partial charge < -0.3 is 10.2 Å². The lowest BCUT2D eigenvalue weighted by molar-refractivity contribution is -0.140. The number of carbonyl (C=O) groups is 2. The third-order valence-corrected chi connectivity index (χ3v) is 8.33. The minimum Gasteiger partial charge on any atom is -0.354 e. The maximum atomic E-state index is 14.0. The molecular formula is C29H31Cl3FN3O4S. The molecule has 0 radical (unpaired) electrons. The number of nitrogens with zero attached hydrogens (tertiary/aromatic N) is 2. The van der Waals surface area contributed by atoms with Gasteiger partial charge >= 0.3 is 0 Å². The van der Waals surface area contributed by atoms with Crippen molar-refractivity contribution in [3.05, 3.63) is 98.7 Å². The van der Waals surface area contributed by atoms with Crippen molar-refractivity contribution in [2.75, 3.05) is 23.7 Å². The van der Waals surface area contributed by atoms with E-state index in [0.717, 1.165) is 28.3 Å². The summed E-state index contributed by atoms with van der Waals surface area (Å²) >= 11 is 18.3. The molecule has 3 rings (SSSR count). The highest BCUT2D eigenvalue weighted by atomic mass is 35.5. The first kappa shape index (κ1) is 32.7. The van der Waals surface area contributed by atoms with Crippen molar-refractivity contribution >= 4 is 62.3 Å². The van der Waals surface area contributed by atoms with Gasteiger partial charge in [0.2, 0.25) is 21.8 Å². The van der Waals surface area contributed by atoms with Crippen LogP contribution in [0.2, 0.25) is 15.1 Å². The number of rotatable bonds is 12. The van der Waals surface area contributed by atoms with Gasteiger partial charge in [0.25, 0.3) is 0 Å². The molecule has 0 aliphatic heterocycles. The van der Waals surface area contributed by atoms with Gasteiger partial charge in [0.1, 0.15) is 18.4 Å². The number of nitrogens with one attached hydrogen (secondary N) is 1. The Balaban J connectivity index is 2.07. The van der Waals surface area contributed by atoms with Crippen LogP contribution in [0.5, 0.6) is 0 Å². The van der Waals surface area contributed by atoms with Gasteiger partial charge in [0.15, 0.2) is 0 Å². The third kappa shape index (κ3) is 9.33. The number of anilines is 1. The van der Waals surface area contributed by atoms with Crippen molar-refractivity contribution in [3.8, 4) is 0 Å². The van der Waals surface area contributed by atoms with Crippen LogP contribution in [0.15, 0.2) is 66.7 Å². The number of halogens is 4. The Bertz CT molecular complexity index is 1490. The predicted octanol–water partition coefficient (Wildman–Crippen LogP) is 5.96. The first-order chi connectivity index (χ1) is 19.3. The Hall–Kier alpha value is -2.85. The molecule has 2 amide bonds. The van der Waals surface area contributed by atoms with Crippen LogP contribution < -0.4 is 9.62 Å². The molecular weight excluding hydrogens is 612 g/mol. The molecule has 7 nitrogen and oxygen atoms in total. The van der Waals surface area contributed by atoms with Gasteiger partial charge in [-0.1, -0.05) is 85.0 Å². The van der Waals surface area contributed by atoms with Gasteiger partial charge in [-0.2, -0.15) is 0 Å². The van der Waals surface area contributed by atoms with E-state index in [4.69, 9.17) is 34.8 Å². The second kappa shape index (κ2) is 14.4. The third-order valence-electron chi connectivity index (χ3n) is 6.16. The van der Waals surface area contributed by atoms with Gasteiger partial charge in [-0.3, -0.25) is 13.9 Å². The van der Waals surface area contributed by atoms with E-state index in [1.54, 1.807) is 18.2 Å². The highest BCUT2D eigenvalue weighted by Gasteiger charge is 2.33. The molecule has 0 aliphatic carbocycles. The summed E-state index contributed by atoms with van der Waals surface area (Å²) < 4.78 is 40.3. The summed E-state index contributed by atoms with van der Waals surface area (Å²) in [5, 5.41) is 3.19. The molecule has 0 fully saturated rings. The first-order valence-corrected chi connectivity index (χ1v) is 15.7. The number of hydrogen-bond acceptors (Lipinski definition) is 4. The summed E-state index contributed by atoms with van der Waals surface area (Å²) in [6.45, 7) is 3.54. The van der Waals surface area contributed by atoms with Crippen molar-refractivity contribution < 1.29 is 22.4 Å². The predicted molar refractivity (Wildman–Crippen MR) is 162 cm³/mol. The Morgan fingerprint density at radius 2 is 1.59 bits per heavy atom. The van der Waals surface area contributed by atoms with Crippen LogP contribution in [0.25, 0.3) is 0 Å². The smallest absolute Gasteiger partial charge is 0.244 e. The Morgan fingerprint density at radius 1 is 0.902 bits per heavy atom. The molecule has 1 unspecified atom stereocenters. The molecule has 0 heterocycles. The van der Waals surface area contributed by atoms with Crippen LogP contribution in [-0.4, -0.2) is 50.5 Å². The van der Waals surface area contributed by atoms with E-state index in [9.17, 15) is 22.4 Å². The fourth-order valence-electron chi connectivity index (χ4n) is 4.07. The number of hydrogen-bond donors (Lipinski definition) is 1. The average molecular weight is 643 g/mol. The van der Waals surface area contributed by atoms with Crippen LogP contribution in [0.1, 0.15) is 25.0 Å². The highest BCUT2D eigenvalue weighted by Crippen LogP contribution is 2.27. The standard InChI is InChI=1S/C29H31Cl3FN3O4S/c1-19(2)16-34-29(38)27(14-20-7-5-4-6-8-20)35(17-21-9-11-23(30)24(31)13-21)28(37)18-36(41(3,39)40)22-10-12-26(33)25(32)15-22/h4-13,15,19,27H,14,16-18H2,1-3H3,(H,34,38). The van der Waals surface area contributed by atoms with Crippen molar-refractivity contribution in [1.82, 2.24) is 10.2 Å². The van der Waals surface area contributed by atoms with Crippen LogP contribution >= 0.6 is 34.8 Å². The summed E-state index contributed by atoms with van der Waals surface area (Å²) in [5.41, 5.74) is 1.39. The molecule has 0 saturated carbocycles. The quantitative estimate of drug-likeness (QED) is 0.264. The monoisotopic (exact) mass is 641 g/mol. The molecule has 41 heavy (non-hydrogen) atoms. The lowest BCUT2D eigenvalue weighted by Crippen LogP contribution is -2.53.